The maximum absolute atomic E-state index is 11.1. The SMILES string of the molecule is Cc1ccccc1[C@H](O)[C@H]1O[C@@H]2CC(=O)O[C@@H]2[C@H]1O. The number of aliphatic hydroxyl groups excluding tert-OH is 2. The van der Waals surface area contributed by atoms with Crippen molar-refractivity contribution in [2.24, 2.45) is 0 Å². The van der Waals surface area contributed by atoms with Crippen molar-refractivity contribution >= 4 is 5.97 Å². The van der Waals surface area contributed by atoms with Gasteiger partial charge in [-0.05, 0) is 18.1 Å². The number of carbonyl (C=O) groups excluding carboxylic acids is 1. The van der Waals surface area contributed by atoms with E-state index >= 15 is 0 Å². The lowest BCUT2D eigenvalue weighted by Crippen LogP contribution is -2.35. The second kappa shape index (κ2) is 4.59. The lowest BCUT2D eigenvalue weighted by Gasteiger charge is -2.23. The summed E-state index contributed by atoms with van der Waals surface area (Å²) in [4.78, 5) is 11.1. The number of aliphatic hydroxyl groups is 2. The van der Waals surface area contributed by atoms with Gasteiger partial charge in [-0.1, -0.05) is 24.3 Å². The topological polar surface area (TPSA) is 76.0 Å². The smallest absolute Gasteiger partial charge is 0.309 e. The molecule has 2 fully saturated rings. The first-order valence-electron chi connectivity index (χ1n) is 6.34. The molecule has 5 atom stereocenters. The second-order valence-corrected chi connectivity index (χ2v) is 5.09. The summed E-state index contributed by atoms with van der Waals surface area (Å²) in [7, 11) is 0. The van der Waals surface area contributed by atoms with Gasteiger partial charge < -0.3 is 19.7 Å². The van der Waals surface area contributed by atoms with Crippen LogP contribution in [0.25, 0.3) is 0 Å². The molecule has 19 heavy (non-hydrogen) atoms. The molecular weight excluding hydrogens is 248 g/mol. The Bertz CT molecular complexity index is 500. The summed E-state index contributed by atoms with van der Waals surface area (Å²) in [6.07, 6.45) is -3.66. The van der Waals surface area contributed by atoms with Gasteiger partial charge in [0, 0.05) is 0 Å². The Morgan fingerprint density at radius 3 is 2.79 bits per heavy atom. The molecule has 0 radical (unpaired) electrons. The molecular formula is C14H16O5. The average molecular weight is 264 g/mol. The Hall–Kier alpha value is -1.43. The average Bonchev–Trinajstić information content (AvgIpc) is 2.88. The zero-order valence-electron chi connectivity index (χ0n) is 10.5. The third-order valence-corrected chi connectivity index (χ3v) is 3.83. The first kappa shape index (κ1) is 12.6. The predicted molar refractivity (Wildman–Crippen MR) is 65.3 cm³/mol. The number of hydrogen-bond donors (Lipinski definition) is 2. The number of rotatable bonds is 2. The lowest BCUT2D eigenvalue weighted by molar-refractivity contribution is -0.147. The van der Waals surface area contributed by atoms with Crippen LogP contribution in [0.1, 0.15) is 23.7 Å². The third kappa shape index (κ3) is 2.04. The Kier molecular flexibility index (Phi) is 3.05. The molecule has 2 aliphatic rings. The minimum atomic E-state index is -0.994. The molecule has 0 bridgehead atoms. The van der Waals surface area contributed by atoms with Crippen molar-refractivity contribution in [3.63, 3.8) is 0 Å². The first-order chi connectivity index (χ1) is 9.08. The van der Waals surface area contributed by atoms with Gasteiger partial charge in [0.15, 0.2) is 6.10 Å². The second-order valence-electron chi connectivity index (χ2n) is 5.09. The van der Waals surface area contributed by atoms with E-state index in [1.54, 1.807) is 6.07 Å². The molecule has 0 aromatic heterocycles. The minimum absolute atomic E-state index is 0.138. The van der Waals surface area contributed by atoms with Crippen molar-refractivity contribution in [3.8, 4) is 0 Å². The highest BCUT2D eigenvalue weighted by Crippen LogP contribution is 2.37. The van der Waals surface area contributed by atoms with Gasteiger partial charge in [0.05, 0.1) is 6.42 Å². The van der Waals surface area contributed by atoms with E-state index in [0.29, 0.717) is 0 Å². The van der Waals surface area contributed by atoms with Crippen LogP contribution in [0, 0.1) is 6.92 Å². The normalized spacial score (nSPS) is 35.0. The molecule has 5 heteroatoms. The minimum Gasteiger partial charge on any atom is -0.457 e. The van der Waals surface area contributed by atoms with Crippen LogP contribution in [0.3, 0.4) is 0 Å². The lowest BCUT2D eigenvalue weighted by atomic mass is 9.95. The Morgan fingerprint density at radius 2 is 2.11 bits per heavy atom. The van der Waals surface area contributed by atoms with Crippen molar-refractivity contribution in [1.29, 1.82) is 0 Å². The number of esters is 1. The fourth-order valence-corrected chi connectivity index (χ4v) is 2.80. The molecule has 1 aromatic rings. The monoisotopic (exact) mass is 264 g/mol. The summed E-state index contributed by atoms with van der Waals surface area (Å²) in [5, 5.41) is 20.5. The van der Waals surface area contributed by atoms with E-state index in [2.05, 4.69) is 0 Å². The molecule has 102 valence electrons. The zero-order valence-corrected chi connectivity index (χ0v) is 10.5. The van der Waals surface area contributed by atoms with E-state index in [9.17, 15) is 15.0 Å². The van der Waals surface area contributed by atoms with Crippen LogP contribution in [-0.2, 0) is 14.3 Å². The van der Waals surface area contributed by atoms with E-state index in [0.717, 1.165) is 11.1 Å². The Morgan fingerprint density at radius 1 is 1.37 bits per heavy atom. The van der Waals surface area contributed by atoms with Crippen LogP contribution >= 0.6 is 0 Å². The van der Waals surface area contributed by atoms with E-state index in [-0.39, 0.29) is 12.4 Å². The van der Waals surface area contributed by atoms with Gasteiger partial charge in [-0.3, -0.25) is 4.79 Å². The van der Waals surface area contributed by atoms with Gasteiger partial charge in [0.25, 0.3) is 0 Å². The molecule has 5 nitrogen and oxygen atoms in total. The molecule has 1 aromatic carbocycles. The standard InChI is InChI=1S/C14H16O5/c1-7-4-2-3-5-8(7)11(16)14-12(17)13-9(18-14)6-10(15)19-13/h2-5,9,11-14,16-17H,6H2,1H3/t9-,11+,12-,13+,14-/m1/s1. The molecule has 0 unspecified atom stereocenters. The first-order valence-corrected chi connectivity index (χ1v) is 6.34. The van der Waals surface area contributed by atoms with Crippen molar-refractivity contribution in [2.45, 2.75) is 43.9 Å². The summed E-state index contributed by atoms with van der Waals surface area (Å²) in [6, 6.07) is 7.40. The highest BCUT2D eigenvalue weighted by Gasteiger charge is 2.53. The molecule has 0 saturated carbocycles. The van der Waals surface area contributed by atoms with Crippen molar-refractivity contribution in [2.75, 3.05) is 0 Å². The van der Waals surface area contributed by atoms with Crippen LogP contribution in [0.4, 0.5) is 0 Å². The van der Waals surface area contributed by atoms with Crippen molar-refractivity contribution in [3.05, 3.63) is 35.4 Å². The molecule has 0 aliphatic carbocycles. The number of ether oxygens (including phenoxy) is 2. The number of hydrogen-bond acceptors (Lipinski definition) is 5. The summed E-state index contributed by atoms with van der Waals surface area (Å²) in [5.74, 6) is -0.363. The van der Waals surface area contributed by atoms with Gasteiger partial charge in [-0.25, -0.2) is 0 Å². The van der Waals surface area contributed by atoms with E-state index in [1.165, 1.54) is 0 Å². The third-order valence-electron chi connectivity index (χ3n) is 3.83. The number of aryl methyl sites for hydroxylation is 1. The highest BCUT2D eigenvalue weighted by molar-refractivity contribution is 5.73. The van der Waals surface area contributed by atoms with Crippen molar-refractivity contribution in [1.82, 2.24) is 0 Å². The summed E-state index contributed by atoms with van der Waals surface area (Å²) in [5.41, 5.74) is 1.65. The van der Waals surface area contributed by atoms with Gasteiger partial charge in [-0.15, -0.1) is 0 Å². The molecule has 0 spiro atoms. The highest BCUT2D eigenvalue weighted by atomic mass is 16.6. The van der Waals surface area contributed by atoms with Gasteiger partial charge in [-0.2, -0.15) is 0 Å². The fraction of sp³-hybridized carbons (Fsp3) is 0.500. The maximum Gasteiger partial charge on any atom is 0.309 e. The summed E-state index contributed by atoms with van der Waals surface area (Å²) < 4.78 is 10.6. The number of fused-ring (bicyclic) bond motifs is 1. The van der Waals surface area contributed by atoms with Crippen LogP contribution in [-0.4, -0.2) is 40.6 Å². The van der Waals surface area contributed by atoms with Gasteiger partial charge in [0.1, 0.15) is 24.4 Å². The van der Waals surface area contributed by atoms with Gasteiger partial charge in [0.2, 0.25) is 0 Å². The van der Waals surface area contributed by atoms with Crippen LogP contribution in [0.2, 0.25) is 0 Å². The van der Waals surface area contributed by atoms with E-state index in [4.69, 9.17) is 9.47 Å². The molecule has 3 rings (SSSR count). The predicted octanol–water partition coefficient (Wildman–Crippen LogP) is 0.472. The van der Waals surface area contributed by atoms with Crippen LogP contribution < -0.4 is 0 Å². The molecule has 2 heterocycles. The van der Waals surface area contributed by atoms with E-state index in [1.807, 2.05) is 25.1 Å². The molecule has 2 aliphatic heterocycles. The van der Waals surface area contributed by atoms with Crippen molar-refractivity contribution < 1.29 is 24.5 Å². The fourth-order valence-electron chi connectivity index (χ4n) is 2.80. The largest absolute Gasteiger partial charge is 0.457 e. The number of benzene rings is 1. The quantitative estimate of drug-likeness (QED) is 0.759. The van der Waals surface area contributed by atoms with Gasteiger partial charge >= 0.3 is 5.97 Å². The molecule has 2 saturated heterocycles. The zero-order chi connectivity index (χ0) is 13.6. The summed E-state index contributed by atoms with van der Waals surface area (Å²) in [6.45, 7) is 1.89. The number of carbonyl (C=O) groups is 1. The van der Waals surface area contributed by atoms with Crippen LogP contribution in [0.5, 0.6) is 0 Å². The Labute approximate surface area is 110 Å². The maximum atomic E-state index is 11.1. The molecule has 2 N–H and O–H groups in total. The summed E-state index contributed by atoms with van der Waals surface area (Å²) >= 11 is 0. The van der Waals surface area contributed by atoms with E-state index < -0.39 is 30.5 Å². The van der Waals surface area contributed by atoms with Crippen LogP contribution in [0.15, 0.2) is 24.3 Å². The molecule has 0 amide bonds. The Balaban J connectivity index is 1.81.